The fraction of sp³-hybridized carbons (Fsp3) is 0.444. The van der Waals surface area contributed by atoms with Crippen LogP contribution in [0.15, 0.2) is 28.7 Å². The number of benzene rings is 1. The van der Waals surface area contributed by atoms with Crippen LogP contribution < -0.4 is 10.1 Å². The summed E-state index contributed by atoms with van der Waals surface area (Å²) < 4.78 is 35.5. The van der Waals surface area contributed by atoms with Gasteiger partial charge in [0.1, 0.15) is 5.75 Å². The molecule has 1 aliphatic heterocycles. The van der Waals surface area contributed by atoms with Gasteiger partial charge in [0.15, 0.2) is 26.9 Å². The van der Waals surface area contributed by atoms with Crippen LogP contribution in [0.5, 0.6) is 5.75 Å². The molecule has 1 aromatic heterocycles. The van der Waals surface area contributed by atoms with Crippen molar-refractivity contribution in [2.45, 2.75) is 18.1 Å². The lowest BCUT2D eigenvalue weighted by Gasteiger charge is -2.31. The fourth-order valence-corrected chi connectivity index (χ4v) is 4.92. The van der Waals surface area contributed by atoms with Crippen LogP contribution in [0.25, 0.3) is 11.0 Å². The molecule has 8 nitrogen and oxygen atoms in total. The summed E-state index contributed by atoms with van der Waals surface area (Å²) >= 11 is 0. The number of hydrogen-bond acceptors (Lipinski definition) is 6. The van der Waals surface area contributed by atoms with Crippen LogP contribution in [0.2, 0.25) is 0 Å². The minimum absolute atomic E-state index is 0.196. The van der Waals surface area contributed by atoms with E-state index in [0.717, 1.165) is 5.39 Å². The number of piperidine rings is 1. The van der Waals surface area contributed by atoms with E-state index in [-0.39, 0.29) is 11.7 Å². The molecule has 2 amide bonds. The third-order valence-electron chi connectivity index (χ3n) is 4.79. The molecule has 0 unspecified atom stereocenters. The molecule has 1 fully saturated rings. The highest BCUT2D eigenvalue weighted by atomic mass is 32.2. The Kier molecular flexibility index (Phi) is 5.41. The van der Waals surface area contributed by atoms with Crippen molar-refractivity contribution in [2.75, 3.05) is 33.0 Å². The summed E-state index contributed by atoms with van der Waals surface area (Å²) in [5.41, 5.74) is 0.506. The van der Waals surface area contributed by atoms with Crippen molar-refractivity contribution < 1.29 is 27.2 Å². The molecule has 0 aliphatic carbocycles. The van der Waals surface area contributed by atoms with Crippen LogP contribution in [-0.4, -0.2) is 63.4 Å². The molecular formula is C18H22N2O6S. The Labute approximate surface area is 157 Å². The molecule has 0 bridgehead atoms. The number of nitrogens with one attached hydrogen (secondary N) is 1. The minimum atomic E-state index is -3.53. The zero-order chi connectivity index (χ0) is 19.6. The van der Waals surface area contributed by atoms with Gasteiger partial charge in [-0.2, -0.15) is 0 Å². The second kappa shape index (κ2) is 7.59. The van der Waals surface area contributed by atoms with E-state index in [9.17, 15) is 18.0 Å². The molecule has 1 aliphatic rings. The average molecular weight is 394 g/mol. The number of carbonyl (C=O) groups excluding carboxylic acids is 2. The number of rotatable bonds is 5. The highest BCUT2D eigenvalue weighted by molar-refractivity contribution is 7.92. The van der Waals surface area contributed by atoms with Crippen molar-refractivity contribution in [3.63, 3.8) is 0 Å². The molecule has 0 spiro atoms. The average Bonchev–Trinajstić information content (AvgIpc) is 3.11. The lowest BCUT2D eigenvalue weighted by molar-refractivity contribution is -0.118. The number of hydrogen-bond donors (Lipinski definition) is 1. The molecule has 0 atom stereocenters. The van der Waals surface area contributed by atoms with E-state index in [0.29, 0.717) is 37.3 Å². The number of methoxy groups -OCH3 is 1. The molecule has 2 heterocycles. The van der Waals surface area contributed by atoms with E-state index in [1.807, 2.05) is 12.1 Å². The van der Waals surface area contributed by atoms with Gasteiger partial charge < -0.3 is 19.4 Å². The molecular weight excluding hydrogens is 372 g/mol. The van der Waals surface area contributed by atoms with Crippen LogP contribution in [0, 0.1) is 0 Å². The number of nitrogens with zero attached hydrogens (tertiary/aromatic N) is 1. The Balaban J connectivity index is 1.69. The molecule has 146 valence electrons. The van der Waals surface area contributed by atoms with Gasteiger partial charge in [0.25, 0.3) is 5.91 Å². The molecule has 1 aromatic carbocycles. The quantitative estimate of drug-likeness (QED) is 0.817. The number of ether oxygens (including phenoxy) is 1. The van der Waals surface area contributed by atoms with Crippen molar-refractivity contribution in [1.82, 2.24) is 10.2 Å². The maximum absolute atomic E-state index is 12.7. The van der Waals surface area contributed by atoms with Crippen molar-refractivity contribution >= 4 is 32.6 Å². The van der Waals surface area contributed by atoms with Crippen molar-refractivity contribution in [3.05, 3.63) is 30.0 Å². The first-order chi connectivity index (χ1) is 12.9. The van der Waals surface area contributed by atoms with E-state index in [1.54, 1.807) is 17.0 Å². The van der Waals surface area contributed by atoms with Gasteiger partial charge in [0.05, 0.1) is 12.4 Å². The van der Waals surface area contributed by atoms with Crippen molar-refractivity contribution in [3.8, 4) is 5.75 Å². The number of likely N-dealkylation sites (tertiary alicyclic amines) is 1. The minimum Gasteiger partial charge on any atom is -0.493 e. The predicted molar refractivity (Wildman–Crippen MR) is 99.5 cm³/mol. The highest BCUT2D eigenvalue weighted by Crippen LogP contribution is 2.29. The molecule has 9 heteroatoms. The first-order valence-electron chi connectivity index (χ1n) is 8.63. The zero-order valence-electron chi connectivity index (χ0n) is 15.2. The van der Waals surface area contributed by atoms with Gasteiger partial charge in [-0.05, 0) is 25.0 Å². The summed E-state index contributed by atoms with van der Waals surface area (Å²) in [6.45, 7) is 0.593. The second-order valence-corrected chi connectivity index (χ2v) is 8.74. The Bertz CT molecular complexity index is 957. The predicted octanol–water partition coefficient (Wildman–Crippen LogP) is 1.21. The molecule has 1 N–H and O–H groups in total. The number of furan rings is 1. The Morgan fingerprint density at radius 3 is 2.63 bits per heavy atom. The monoisotopic (exact) mass is 394 g/mol. The lowest BCUT2D eigenvalue weighted by atomic mass is 10.1. The van der Waals surface area contributed by atoms with Crippen molar-refractivity contribution in [1.29, 1.82) is 0 Å². The Hall–Kier alpha value is -2.55. The number of carbonyl (C=O) groups is 2. The van der Waals surface area contributed by atoms with E-state index in [2.05, 4.69) is 5.32 Å². The van der Waals surface area contributed by atoms with E-state index >= 15 is 0 Å². The van der Waals surface area contributed by atoms with Gasteiger partial charge in [-0.1, -0.05) is 12.1 Å². The summed E-state index contributed by atoms with van der Waals surface area (Å²) in [7, 11) is -0.593. The number of para-hydroxylation sites is 1. The highest BCUT2D eigenvalue weighted by Gasteiger charge is 2.33. The summed E-state index contributed by atoms with van der Waals surface area (Å²) in [6.07, 6.45) is 0.600. The first-order valence-corrected chi connectivity index (χ1v) is 10.3. The van der Waals surface area contributed by atoms with Crippen LogP contribution in [0.3, 0.4) is 0 Å². The molecule has 0 saturated carbocycles. The maximum atomic E-state index is 12.7. The van der Waals surface area contributed by atoms with Crippen LogP contribution in [0.4, 0.5) is 0 Å². The Morgan fingerprint density at radius 1 is 1.30 bits per heavy atom. The summed E-state index contributed by atoms with van der Waals surface area (Å²) in [5.74, 6) is -0.585. The zero-order valence-corrected chi connectivity index (χ0v) is 16.0. The first kappa shape index (κ1) is 19.2. The van der Waals surface area contributed by atoms with Gasteiger partial charge in [-0.25, -0.2) is 8.42 Å². The van der Waals surface area contributed by atoms with E-state index in [4.69, 9.17) is 9.15 Å². The summed E-state index contributed by atoms with van der Waals surface area (Å²) in [4.78, 5) is 25.7. The third kappa shape index (κ3) is 3.92. The van der Waals surface area contributed by atoms with Gasteiger partial charge in [0, 0.05) is 25.5 Å². The van der Waals surface area contributed by atoms with Crippen LogP contribution >= 0.6 is 0 Å². The molecule has 2 aromatic rings. The van der Waals surface area contributed by atoms with Gasteiger partial charge >= 0.3 is 0 Å². The third-order valence-corrected chi connectivity index (χ3v) is 6.94. The number of fused-ring (bicyclic) bond motifs is 1. The lowest BCUT2D eigenvalue weighted by Crippen LogP contribution is -2.44. The molecule has 0 radical (unpaired) electrons. The van der Waals surface area contributed by atoms with Gasteiger partial charge in [-0.3, -0.25) is 9.59 Å². The van der Waals surface area contributed by atoms with E-state index < -0.39 is 26.7 Å². The maximum Gasteiger partial charge on any atom is 0.289 e. The normalized spacial score (nSPS) is 15.7. The number of sulfone groups is 1. The molecule has 1 saturated heterocycles. The summed E-state index contributed by atoms with van der Waals surface area (Å²) in [6, 6.07) is 7.06. The standard InChI is InChI=1S/C18H22N2O6S/c1-19-16(21)11-27(23,24)13-6-8-20(9-7-13)18(22)15-10-12-4-3-5-14(25-2)17(12)26-15/h3-5,10,13H,6-9,11H2,1-2H3,(H,19,21). The molecule has 3 rings (SSSR count). The van der Waals surface area contributed by atoms with E-state index in [1.165, 1.54) is 14.2 Å². The molecule has 27 heavy (non-hydrogen) atoms. The second-order valence-electron chi connectivity index (χ2n) is 6.46. The van der Waals surface area contributed by atoms with Gasteiger partial charge in [-0.15, -0.1) is 0 Å². The smallest absolute Gasteiger partial charge is 0.289 e. The topological polar surface area (TPSA) is 106 Å². The van der Waals surface area contributed by atoms with Crippen molar-refractivity contribution in [2.24, 2.45) is 0 Å². The largest absolute Gasteiger partial charge is 0.493 e. The Morgan fingerprint density at radius 2 is 2.00 bits per heavy atom. The van der Waals surface area contributed by atoms with Crippen LogP contribution in [0.1, 0.15) is 23.4 Å². The van der Waals surface area contributed by atoms with Crippen LogP contribution in [-0.2, 0) is 14.6 Å². The fourth-order valence-electron chi connectivity index (χ4n) is 3.25. The summed E-state index contributed by atoms with van der Waals surface area (Å²) in [5, 5.41) is 2.47. The van der Waals surface area contributed by atoms with Gasteiger partial charge in [0.2, 0.25) is 5.91 Å². The number of amides is 2. The SMILES string of the molecule is CNC(=O)CS(=O)(=O)C1CCN(C(=O)c2cc3cccc(OC)c3o2)CC1.